The quantitative estimate of drug-likeness (QED) is 0.798. The third-order valence-electron chi connectivity index (χ3n) is 5.35. The number of hydrogen-bond acceptors (Lipinski definition) is 2. The van der Waals surface area contributed by atoms with Crippen molar-refractivity contribution < 1.29 is 9.90 Å². The second-order valence-electron chi connectivity index (χ2n) is 6.78. The Hall–Kier alpha value is -0.570. The summed E-state index contributed by atoms with van der Waals surface area (Å²) in [6.45, 7) is 3.49. The molecule has 2 fully saturated rings. The third-order valence-corrected chi connectivity index (χ3v) is 5.35. The lowest BCUT2D eigenvalue weighted by molar-refractivity contribution is -0.137. The molecular formula is C17H31NO2. The van der Waals surface area contributed by atoms with Crippen LogP contribution in [0.25, 0.3) is 0 Å². The monoisotopic (exact) mass is 281 g/mol. The molecule has 0 aromatic heterocycles. The summed E-state index contributed by atoms with van der Waals surface area (Å²) >= 11 is 0. The number of carboxylic acids is 1. The Morgan fingerprint density at radius 2 is 1.85 bits per heavy atom. The molecule has 1 saturated carbocycles. The smallest absolute Gasteiger partial charge is 0.303 e. The summed E-state index contributed by atoms with van der Waals surface area (Å²) in [6.07, 6.45) is 13.2. The van der Waals surface area contributed by atoms with Crippen molar-refractivity contribution in [3.05, 3.63) is 0 Å². The Balaban J connectivity index is 1.83. The molecule has 0 aromatic rings. The average molecular weight is 281 g/mol. The van der Waals surface area contributed by atoms with E-state index in [9.17, 15) is 4.79 Å². The summed E-state index contributed by atoms with van der Waals surface area (Å²) in [6, 6.07) is 1.27. The molecule has 2 aliphatic rings. The number of carbonyl (C=O) groups is 1. The van der Waals surface area contributed by atoms with Crippen LogP contribution in [0, 0.1) is 5.92 Å². The molecule has 116 valence electrons. The molecule has 1 unspecified atom stereocenters. The Kier molecular flexibility index (Phi) is 6.34. The average Bonchev–Trinajstić information content (AvgIpc) is 2.47. The molecule has 0 amide bonds. The van der Waals surface area contributed by atoms with Crippen molar-refractivity contribution in [1.82, 2.24) is 4.90 Å². The number of rotatable bonds is 6. The standard InChI is InChI=1S/C17H31NO2/c1-2-5-14-7-9-16(10-8-14)18-13-4-3-6-15(18)11-12-17(19)20/h14-16H,2-13H2,1H3,(H,19,20). The Bertz CT molecular complexity index is 297. The summed E-state index contributed by atoms with van der Waals surface area (Å²) in [5.41, 5.74) is 0. The van der Waals surface area contributed by atoms with Crippen LogP contribution >= 0.6 is 0 Å². The number of carboxylic acid groups (broad SMARTS) is 1. The van der Waals surface area contributed by atoms with E-state index in [1.165, 1.54) is 64.3 Å². The van der Waals surface area contributed by atoms with Gasteiger partial charge in [0.15, 0.2) is 0 Å². The molecule has 0 aromatic carbocycles. The maximum Gasteiger partial charge on any atom is 0.303 e. The zero-order valence-corrected chi connectivity index (χ0v) is 13.0. The van der Waals surface area contributed by atoms with Crippen LogP contribution < -0.4 is 0 Å². The highest BCUT2D eigenvalue weighted by Gasteiger charge is 2.31. The topological polar surface area (TPSA) is 40.5 Å². The first kappa shape index (κ1) is 15.8. The summed E-state index contributed by atoms with van der Waals surface area (Å²) in [7, 11) is 0. The van der Waals surface area contributed by atoms with Crippen molar-refractivity contribution in [3.63, 3.8) is 0 Å². The van der Waals surface area contributed by atoms with E-state index in [0.717, 1.165) is 18.4 Å². The third kappa shape index (κ3) is 4.47. The fourth-order valence-electron chi connectivity index (χ4n) is 4.28. The van der Waals surface area contributed by atoms with Crippen LogP contribution in [0.5, 0.6) is 0 Å². The number of nitrogens with zero attached hydrogens (tertiary/aromatic N) is 1. The normalized spacial score (nSPS) is 32.1. The molecule has 1 aliphatic carbocycles. The van der Waals surface area contributed by atoms with Crippen LogP contribution in [0.2, 0.25) is 0 Å². The van der Waals surface area contributed by atoms with E-state index in [1.807, 2.05) is 0 Å². The minimum absolute atomic E-state index is 0.340. The van der Waals surface area contributed by atoms with E-state index in [1.54, 1.807) is 0 Å². The van der Waals surface area contributed by atoms with Crippen LogP contribution in [0.4, 0.5) is 0 Å². The lowest BCUT2D eigenvalue weighted by Gasteiger charge is -2.44. The van der Waals surface area contributed by atoms with Gasteiger partial charge in [0.05, 0.1) is 0 Å². The van der Waals surface area contributed by atoms with Crippen LogP contribution in [0.3, 0.4) is 0 Å². The molecule has 1 heterocycles. The SMILES string of the molecule is CCCC1CCC(N2CCCCC2CCC(=O)O)CC1. The summed E-state index contributed by atoms with van der Waals surface area (Å²) < 4.78 is 0. The van der Waals surface area contributed by atoms with Crippen LogP contribution in [-0.2, 0) is 4.79 Å². The largest absolute Gasteiger partial charge is 0.481 e. The lowest BCUT2D eigenvalue weighted by atomic mass is 9.81. The van der Waals surface area contributed by atoms with Crippen molar-refractivity contribution in [2.75, 3.05) is 6.54 Å². The summed E-state index contributed by atoms with van der Waals surface area (Å²) in [4.78, 5) is 13.5. The highest BCUT2D eigenvalue weighted by atomic mass is 16.4. The van der Waals surface area contributed by atoms with E-state index >= 15 is 0 Å². The van der Waals surface area contributed by atoms with E-state index in [4.69, 9.17) is 5.11 Å². The van der Waals surface area contributed by atoms with Gasteiger partial charge in [-0.05, 0) is 57.4 Å². The fourth-order valence-corrected chi connectivity index (χ4v) is 4.28. The van der Waals surface area contributed by atoms with E-state index in [0.29, 0.717) is 12.5 Å². The fraction of sp³-hybridized carbons (Fsp3) is 0.941. The molecule has 0 bridgehead atoms. The van der Waals surface area contributed by atoms with Crippen molar-refractivity contribution >= 4 is 5.97 Å². The second kappa shape index (κ2) is 8.02. The van der Waals surface area contributed by atoms with Gasteiger partial charge < -0.3 is 5.11 Å². The number of likely N-dealkylation sites (tertiary alicyclic amines) is 1. The van der Waals surface area contributed by atoms with Crippen molar-refractivity contribution in [2.24, 2.45) is 5.92 Å². The predicted molar refractivity (Wildman–Crippen MR) is 81.9 cm³/mol. The molecule has 0 radical (unpaired) electrons. The minimum atomic E-state index is -0.637. The highest BCUT2D eigenvalue weighted by molar-refractivity contribution is 5.66. The summed E-state index contributed by atoms with van der Waals surface area (Å²) in [5, 5.41) is 8.92. The molecule has 1 N–H and O–H groups in total. The van der Waals surface area contributed by atoms with Crippen molar-refractivity contribution in [3.8, 4) is 0 Å². The molecule has 20 heavy (non-hydrogen) atoms. The number of piperidine rings is 1. The number of hydrogen-bond donors (Lipinski definition) is 1. The first-order valence-corrected chi connectivity index (χ1v) is 8.68. The summed E-state index contributed by atoms with van der Waals surface area (Å²) in [5.74, 6) is 0.320. The molecule has 1 aliphatic heterocycles. The molecular weight excluding hydrogens is 250 g/mol. The van der Waals surface area contributed by atoms with Gasteiger partial charge in [-0.1, -0.05) is 26.2 Å². The Morgan fingerprint density at radius 3 is 2.50 bits per heavy atom. The van der Waals surface area contributed by atoms with E-state index in [2.05, 4.69) is 11.8 Å². The molecule has 1 saturated heterocycles. The molecule has 0 spiro atoms. The van der Waals surface area contributed by atoms with Gasteiger partial charge in [0.1, 0.15) is 0 Å². The highest BCUT2D eigenvalue weighted by Crippen LogP contribution is 2.34. The van der Waals surface area contributed by atoms with E-state index < -0.39 is 5.97 Å². The molecule has 1 atom stereocenters. The minimum Gasteiger partial charge on any atom is -0.481 e. The predicted octanol–water partition coefficient (Wildman–Crippen LogP) is 4.06. The maximum absolute atomic E-state index is 10.8. The van der Waals surface area contributed by atoms with Crippen LogP contribution in [0.15, 0.2) is 0 Å². The first-order valence-electron chi connectivity index (χ1n) is 8.68. The molecule has 3 heteroatoms. The van der Waals surface area contributed by atoms with Crippen molar-refractivity contribution in [2.45, 2.75) is 89.6 Å². The molecule has 3 nitrogen and oxygen atoms in total. The van der Waals surface area contributed by atoms with Gasteiger partial charge in [-0.15, -0.1) is 0 Å². The van der Waals surface area contributed by atoms with Gasteiger partial charge in [-0.3, -0.25) is 9.69 Å². The van der Waals surface area contributed by atoms with Gasteiger partial charge in [0.2, 0.25) is 0 Å². The van der Waals surface area contributed by atoms with Crippen LogP contribution in [-0.4, -0.2) is 34.6 Å². The van der Waals surface area contributed by atoms with Crippen LogP contribution in [0.1, 0.15) is 77.6 Å². The lowest BCUT2D eigenvalue weighted by Crippen LogP contribution is -2.47. The first-order chi connectivity index (χ1) is 9.70. The zero-order valence-electron chi connectivity index (χ0n) is 13.0. The molecule has 2 rings (SSSR count). The Labute approximate surface area is 123 Å². The zero-order chi connectivity index (χ0) is 14.4. The Morgan fingerprint density at radius 1 is 1.10 bits per heavy atom. The van der Waals surface area contributed by atoms with Crippen molar-refractivity contribution in [1.29, 1.82) is 0 Å². The van der Waals surface area contributed by atoms with Gasteiger partial charge in [0, 0.05) is 18.5 Å². The van der Waals surface area contributed by atoms with Gasteiger partial charge in [-0.2, -0.15) is 0 Å². The van der Waals surface area contributed by atoms with Gasteiger partial charge in [-0.25, -0.2) is 0 Å². The van der Waals surface area contributed by atoms with E-state index in [-0.39, 0.29) is 0 Å². The van der Waals surface area contributed by atoms with Gasteiger partial charge in [0.25, 0.3) is 0 Å². The van der Waals surface area contributed by atoms with Gasteiger partial charge >= 0.3 is 5.97 Å². The maximum atomic E-state index is 10.8. The second-order valence-corrected chi connectivity index (χ2v) is 6.78. The number of aliphatic carboxylic acids is 1.